The van der Waals surface area contributed by atoms with E-state index in [1.807, 2.05) is 6.92 Å². The average Bonchev–Trinajstić information content (AvgIpc) is 3.46. The van der Waals surface area contributed by atoms with Gasteiger partial charge in [-0.3, -0.25) is 14.4 Å². The quantitative estimate of drug-likeness (QED) is 0.0710. The van der Waals surface area contributed by atoms with Gasteiger partial charge in [-0.2, -0.15) is 13.2 Å². The monoisotopic (exact) mass is 743 g/mol. The first-order valence-corrected chi connectivity index (χ1v) is 17.5. The predicted molar refractivity (Wildman–Crippen MR) is 193 cm³/mol. The number of aliphatic hydroxyl groups is 1. The number of rotatable bonds is 15. The Bertz CT molecular complexity index is 2060. The fraction of sp³-hybridized carbons (Fsp3) is 0.310. The topological polar surface area (TPSA) is 140 Å². The Morgan fingerprint density at radius 2 is 1.57 bits per heavy atom. The van der Waals surface area contributed by atoms with Crippen molar-refractivity contribution in [3.05, 3.63) is 130 Å². The third-order valence-electron chi connectivity index (χ3n) is 9.31. The number of ether oxygens (including phenoxy) is 3. The molecule has 54 heavy (non-hydrogen) atoms. The van der Waals surface area contributed by atoms with Gasteiger partial charge >= 0.3 is 18.1 Å². The van der Waals surface area contributed by atoms with Crippen LogP contribution in [-0.2, 0) is 48.4 Å². The molecule has 5 rings (SSSR count). The molecule has 4 aromatic rings. The predicted octanol–water partition coefficient (Wildman–Crippen LogP) is 8.00. The summed E-state index contributed by atoms with van der Waals surface area (Å²) < 4.78 is 55.9. The third kappa shape index (κ3) is 8.50. The van der Waals surface area contributed by atoms with Crippen molar-refractivity contribution in [1.82, 2.24) is 0 Å². The molecule has 9 nitrogen and oxygen atoms in total. The maximum Gasteiger partial charge on any atom is 0.416 e. The van der Waals surface area contributed by atoms with Gasteiger partial charge in [0.05, 0.1) is 24.3 Å². The molecule has 0 amide bonds. The zero-order valence-electron chi connectivity index (χ0n) is 30.0. The van der Waals surface area contributed by atoms with Gasteiger partial charge in [-0.1, -0.05) is 93.1 Å². The molecule has 3 unspecified atom stereocenters. The van der Waals surface area contributed by atoms with E-state index in [1.54, 1.807) is 68.4 Å². The molecule has 0 fully saturated rings. The number of ketones is 2. The van der Waals surface area contributed by atoms with Crippen LogP contribution in [0, 0.1) is 11.3 Å². The Balaban J connectivity index is 1.37. The van der Waals surface area contributed by atoms with Gasteiger partial charge in [-0.25, -0.2) is 4.79 Å². The summed E-state index contributed by atoms with van der Waals surface area (Å²) in [5, 5.41) is 19.3. The summed E-state index contributed by atoms with van der Waals surface area (Å²) in [5.74, 6) is -2.88. The average molecular weight is 744 g/mol. The summed E-state index contributed by atoms with van der Waals surface area (Å²) in [5.41, 5.74) is -0.550. The van der Waals surface area contributed by atoms with Crippen molar-refractivity contribution in [3.8, 4) is 11.1 Å². The Kier molecular flexibility index (Phi) is 12.3. The fourth-order valence-electron chi connectivity index (χ4n) is 6.53. The maximum atomic E-state index is 13.7. The second-order valence-corrected chi connectivity index (χ2v) is 13.1. The Labute approximate surface area is 310 Å². The smallest absolute Gasteiger partial charge is 0.416 e. The lowest BCUT2D eigenvalue weighted by molar-refractivity contribution is -0.215. The summed E-state index contributed by atoms with van der Waals surface area (Å²) in [6.07, 6.45) is -5.20. The van der Waals surface area contributed by atoms with E-state index in [0.29, 0.717) is 39.8 Å². The van der Waals surface area contributed by atoms with Crippen LogP contribution in [0.1, 0.15) is 88.4 Å². The van der Waals surface area contributed by atoms with Crippen LogP contribution >= 0.6 is 0 Å². The molecule has 0 saturated heterocycles. The number of carbonyl (C=O) groups is 4. The molecular weight excluding hydrogens is 703 g/mol. The summed E-state index contributed by atoms with van der Waals surface area (Å²) in [6.45, 7) is 4.76. The lowest BCUT2D eigenvalue weighted by Gasteiger charge is -2.27. The molecule has 1 aliphatic heterocycles. The molecule has 282 valence electrons. The van der Waals surface area contributed by atoms with Crippen molar-refractivity contribution < 1.29 is 51.7 Å². The molecule has 0 bridgehead atoms. The molecule has 0 radical (unpaired) electrons. The second-order valence-electron chi connectivity index (χ2n) is 13.1. The number of hydrogen-bond donors (Lipinski definition) is 2. The van der Waals surface area contributed by atoms with Crippen LogP contribution in [0.5, 0.6) is 0 Å². The SMILES string of the molecule is CCCC(C)C(=O)c1cc(CC(=O)OCC2(C(=O)OCC)OC(O)c3ccccc32)ccc1CC(=N)C(=O)c1ccccc1-c1ccc(C(F)(F)F)cc1. The number of alkyl halides is 3. The first-order valence-electron chi connectivity index (χ1n) is 17.5. The number of Topliss-reactive ketones (excluding diaryl/α,β-unsaturated/α-hetero) is 2. The number of hydrogen-bond acceptors (Lipinski definition) is 9. The van der Waals surface area contributed by atoms with Crippen molar-refractivity contribution >= 4 is 29.2 Å². The Hall–Kier alpha value is -5.46. The lowest BCUT2D eigenvalue weighted by Crippen LogP contribution is -2.42. The molecule has 4 aromatic carbocycles. The number of aliphatic hydroxyl groups excluding tert-OH is 1. The van der Waals surface area contributed by atoms with E-state index >= 15 is 0 Å². The van der Waals surface area contributed by atoms with E-state index in [0.717, 1.165) is 18.6 Å². The molecule has 0 spiro atoms. The van der Waals surface area contributed by atoms with Crippen LogP contribution in [0.4, 0.5) is 13.2 Å². The molecule has 1 aliphatic rings. The molecule has 1 heterocycles. The van der Waals surface area contributed by atoms with Gasteiger partial charge in [-0.05, 0) is 53.8 Å². The van der Waals surface area contributed by atoms with Crippen molar-refractivity contribution in [2.75, 3.05) is 13.2 Å². The van der Waals surface area contributed by atoms with E-state index in [4.69, 9.17) is 19.6 Å². The lowest BCUT2D eigenvalue weighted by atomic mass is 9.87. The van der Waals surface area contributed by atoms with E-state index in [9.17, 15) is 37.5 Å². The van der Waals surface area contributed by atoms with Crippen LogP contribution in [0.2, 0.25) is 0 Å². The Morgan fingerprint density at radius 1 is 0.889 bits per heavy atom. The number of carbonyl (C=O) groups excluding carboxylic acids is 4. The summed E-state index contributed by atoms with van der Waals surface area (Å²) >= 11 is 0. The van der Waals surface area contributed by atoms with E-state index in [1.165, 1.54) is 24.3 Å². The van der Waals surface area contributed by atoms with Gasteiger partial charge in [0.25, 0.3) is 0 Å². The highest BCUT2D eigenvalue weighted by atomic mass is 19.4. The highest BCUT2D eigenvalue weighted by molar-refractivity contribution is 6.46. The summed E-state index contributed by atoms with van der Waals surface area (Å²) in [4.78, 5) is 53.8. The molecule has 0 saturated carbocycles. The van der Waals surface area contributed by atoms with Crippen molar-refractivity contribution in [2.45, 2.75) is 64.5 Å². The highest BCUT2D eigenvalue weighted by Crippen LogP contribution is 2.43. The van der Waals surface area contributed by atoms with Crippen molar-refractivity contribution in [1.29, 1.82) is 5.41 Å². The third-order valence-corrected chi connectivity index (χ3v) is 9.31. The molecule has 3 atom stereocenters. The minimum Gasteiger partial charge on any atom is -0.463 e. The zero-order chi connectivity index (χ0) is 39.2. The molecule has 2 N–H and O–H groups in total. The van der Waals surface area contributed by atoms with E-state index in [-0.39, 0.29) is 42.1 Å². The van der Waals surface area contributed by atoms with Crippen LogP contribution in [-0.4, -0.2) is 47.5 Å². The molecule has 12 heteroatoms. The summed E-state index contributed by atoms with van der Waals surface area (Å²) in [7, 11) is 0. The van der Waals surface area contributed by atoms with Gasteiger partial charge in [0.15, 0.2) is 12.1 Å². The number of benzene rings is 4. The van der Waals surface area contributed by atoms with Gasteiger partial charge in [-0.15, -0.1) is 0 Å². The maximum absolute atomic E-state index is 13.7. The molecular formula is C42H40F3NO8. The summed E-state index contributed by atoms with van der Waals surface area (Å²) in [6, 6.07) is 21.9. The minimum atomic E-state index is -4.52. The van der Waals surface area contributed by atoms with E-state index < -0.39 is 53.9 Å². The number of nitrogens with one attached hydrogen (secondary N) is 1. The van der Waals surface area contributed by atoms with Gasteiger partial charge in [0, 0.05) is 34.6 Å². The minimum absolute atomic E-state index is 0.0183. The number of halogens is 3. The first-order chi connectivity index (χ1) is 25.7. The van der Waals surface area contributed by atoms with Gasteiger partial charge in [0.2, 0.25) is 11.4 Å². The molecule has 0 aromatic heterocycles. The molecule has 0 aliphatic carbocycles. The van der Waals surface area contributed by atoms with Crippen LogP contribution < -0.4 is 0 Å². The van der Waals surface area contributed by atoms with E-state index in [2.05, 4.69) is 0 Å². The normalized spacial score (nSPS) is 17.0. The Morgan fingerprint density at radius 3 is 2.26 bits per heavy atom. The van der Waals surface area contributed by atoms with Gasteiger partial charge < -0.3 is 24.7 Å². The highest BCUT2D eigenvalue weighted by Gasteiger charge is 2.53. The standard InChI is InChI=1S/C42H40F3NO8/c1-4-10-25(3)37(48)33-21-26(22-36(47)53-24-41(40(51)52-5-2)34-14-9-8-13-32(34)39(50)54-41)15-16-28(33)23-35(46)38(49)31-12-7-6-11-30(31)27-17-19-29(20-18-27)42(43,44)45/h6-9,11-21,25,39,46,50H,4-5,10,22-24H2,1-3H3. The largest absolute Gasteiger partial charge is 0.463 e. The second kappa shape index (κ2) is 16.7. The van der Waals surface area contributed by atoms with Gasteiger partial charge in [0.1, 0.15) is 6.61 Å². The number of fused-ring (bicyclic) bond motifs is 1. The first kappa shape index (κ1) is 39.7. The van der Waals surface area contributed by atoms with Crippen LogP contribution in [0.15, 0.2) is 91.0 Å². The van der Waals surface area contributed by atoms with Crippen molar-refractivity contribution in [2.24, 2.45) is 5.92 Å². The zero-order valence-corrected chi connectivity index (χ0v) is 30.0. The van der Waals surface area contributed by atoms with Crippen molar-refractivity contribution in [3.63, 3.8) is 0 Å². The van der Waals surface area contributed by atoms with Crippen LogP contribution in [0.25, 0.3) is 11.1 Å². The van der Waals surface area contributed by atoms with Crippen LogP contribution in [0.3, 0.4) is 0 Å². The fourth-order valence-corrected chi connectivity index (χ4v) is 6.53. The number of esters is 2.